The minimum atomic E-state index is -0.0700. The van der Waals surface area contributed by atoms with E-state index >= 15 is 0 Å². The standard InChI is InChI=1S/C27H32N6O2.H2/c1-5-6-9-33-16-22(20-7-8-28-25(20)27(33)35)21-14-19(15-23-24(21)29-17-30(23)4)26(34)32-12-10-31(11-13-32)18(2)3;/h5-8,14-18,28H,9-13H2,1-4H3;1H/b6-5+;. The van der Waals surface area contributed by atoms with Crippen LogP contribution in [0.1, 0.15) is 32.6 Å². The molecule has 1 aliphatic rings. The normalized spacial score (nSPS) is 15.3. The zero-order valence-electron chi connectivity index (χ0n) is 20.8. The topological polar surface area (TPSA) is 79.2 Å². The molecule has 0 saturated carbocycles. The number of imidazole rings is 1. The molecular weight excluding hydrogens is 440 g/mol. The summed E-state index contributed by atoms with van der Waals surface area (Å²) in [6.45, 7) is 9.98. The van der Waals surface area contributed by atoms with Crippen molar-refractivity contribution in [3.63, 3.8) is 0 Å². The van der Waals surface area contributed by atoms with Gasteiger partial charge in [-0.25, -0.2) is 4.98 Å². The summed E-state index contributed by atoms with van der Waals surface area (Å²) in [5.74, 6) is 0.0327. The number of hydrogen-bond donors (Lipinski definition) is 1. The smallest absolute Gasteiger partial charge is 0.275 e. The van der Waals surface area contributed by atoms with E-state index in [1.165, 1.54) is 0 Å². The van der Waals surface area contributed by atoms with Crippen LogP contribution in [0.25, 0.3) is 33.1 Å². The van der Waals surface area contributed by atoms with Crippen LogP contribution < -0.4 is 5.56 Å². The van der Waals surface area contributed by atoms with Gasteiger partial charge < -0.3 is 19.0 Å². The minimum absolute atomic E-state index is 0. The molecule has 35 heavy (non-hydrogen) atoms. The number of piperazine rings is 1. The molecule has 0 unspecified atom stereocenters. The highest BCUT2D eigenvalue weighted by Crippen LogP contribution is 2.33. The number of aromatic nitrogens is 4. The van der Waals surface area contributed by atoms with Gasteiger partial charge in [0, 0.05) is 81.7 Å². The van der Waals surface area contributed by atoms with Gasteiger partial charge in [-0.05, 0) is 39.0 Å². The third kappa shape index (κ3) is 4.08. The van der Waals surface area contributed by atoms with Gasteiger partial charge in [-0.3, -0.25) is 14.5 Å². The summed E-state index contributed by atoms with van der Waals surface area (Å²) in [7, 11) is 1.94. The van der Waals surface area contributed by atoms with Gasteiger partial charge in [0.15, 0.2) is 0 Å². The molecule has 4 aromatic rings. The fraction of sp³-hybridized carbons (Fsp3) is 0.370. The molecule has 5 rings (SSSR count). The molecule has 0 bridgehead atoms. The summed E-state index contributed by atoms with van der Waals surface area (Å²) in [5, 5.41) is 0.828. The number of benzene rings is 1. The van der Waals surface area contributed by atoms with Gasteiger partial charge in [0.2, 0.25) is 0 Å². The van der Waals surface area contributed by atoms with Crippen molar-refractivity contribution in [3.05, 3.63) is 65.0 Å². The molecule has 1 amide bonds. The van der Waals surface area contributed by atoms with Crippen LogP contribution in [-0.2, 0) is 13.6 Å². The van der Waals surface area contributed by atoms with E-state index in [0.29, 0.717) is 36.8 Å². The minimum Gasteiger partial charge on any atom is -0.357 e. The summed E-state index contributed by atoms with van der Waals surface area (Å²) >= 11 is 0. The highest BCUT2D eigenvalue weighted by Gasteiger charge is 2.25. The molecule has 1 aromatic carbocycles. The Hall–Kier alpha value is -3.65. The molecule has 184 valence electrons. The number of pyridine rings is 1. The molecule has 3 aromatic heterocycles. The van der Waals surface area contributed by atoms with Crippen LogP contribution >= 0.6 is 0 Å². The average molecular weight is 475 g/mol. The molecule has 0 spiro atoms. The molecule has 0 aliphatic carbocycles. The van der Waals surface area contributed by atoms with Crippen LogP contribution in [0.4, 0.5) is 0 Å². The molecule has 1 saturated heterocycles. The Kier molecular flexibility index (Phi) is 6.06. The molecule has 1 N–H and O–H groups in total. The molecular formula is C27H34N6O2. The number of amides is 1. The second-order valence-corrected chi connectivity index (χ2v) is 9.50. The van der Waals surface area contributed by atoms with E-state index in [1.54, 1.807) is 17.1 Å². The van der Waals surface area contributed by atoms with E-state index in [-0.39, 0.29) is 12.9 Å². The highest BCUT2D eigenvalue weighted by molar-refractivity contribution is 6.06. The number of aromatic amines is 1. The predicted molar refractivity (Wildman–Crippen MR) is 142 cm³/mol. The first-order chi connectivity index (χ1) is 16.9. The Bertz CT molecular complexity index is 1490. The number of fused-ring (bicyclic) bond motifs is 2. The number of carbonyl (C=O) groups is 1. The second kappa shape index (κ2) is 9.19. The number of allylic oxidation sites excluding steroid dienone is 2. The zero-order chi connectivity index (χ0) is 24.7. The monoisotopic (exact) mass is 474 g/mol. The van der Waals surface area contributed by atoms with Crippen molar-refractivity contribution in [2.45, 2.75) is 33.4 Å². The number of nitrogens with one attached hydrogen (secondary N) is 1. The fourth-order valence-electron chi connectivity index (χ4n) is 4.95. The van der Waals surface area contributed by atoms with E-state index in [9.17, 15) is 9.59 Å². The number of H-pyrrole nitrogens is 1. The molecule has 1 aliphatic heterocycles. The van der Waals surface area contributed by atoms with Gasteiger partial charge in [-0.2, -0.15) is 0 Å². The quantitative estimate of drug-likeness (QED) is 0.446. The van der Waals surface area contributed by atoms with Crippen LogP contribution in [0.5, 0.6) is 0 Å². The first-order valence-corrected chi connectivity index (χ1v) is 12.2. The fourth-order valence-corrected chi connectivity index (χ4v) is 4.95. The average Bonchev–Trinajstić information content (AvgIpc) is 3.50. The van der Waals surface area contributed by atoms with Crippen LogP contribution in [-0.4, -0.2) is 67.0 Å². The van der Waals surface area contributed by atoms with Gasteiger partial charge in [-0.15, -0.1) is 0 Å². The number of nitrogens with zero attached hydrogens (tertiary/aromatic N) is 5. The Balaban J connectivity index is 0.00000304. The van der Waals surface area contributed by atoms with Gasteiger partial charge in [0.1, 0.15) is 5.52 Å². The van der Waals surface area contributed by atoms with E-state index < -0.39 is 0 Å². The van der Waals surface area contributed by atoms with E-state index in [4.69, 9.17) is 0 Å². The molecule has 4 heterocycles. The van der Waals surface area contributed by atoms with Crippen molar-refractivity contribution in [3.8, 4) is 11.1 Å². The van der Waals surface area contributed by atoms with Crippen LogP contribution in [0.15, 0.2) is 53.9 Å². The maximum atomic E-state index is 13.6. The van der Waals surface area contributed by atoms with Crippen LogP contribution in [0.3, 0.4) is 0 Å². The van der Waals surface area contributed by atoms with Crippen molar-refractivity contribution in [1.29, 1.82) is 0 Å². The lowest BCUT2D eigenvalue weighted by Crippen LogP contribution is -2.50. The Morgan fingerprint density at radius 1 is 1.20 bits per heavy atom. The maximum Gasteiger partial charge on any atom is 0.275 e. The maximum absolute atomic E-state index is 13.6. The third-order valence-corrected chi connectivity index (χ3v) is 7.03. The molecule has 8 heteroatoms. The number of hydrogen-bond acceptors (Lipinski definition) is 4. The van der Waals surface area contributed by atoms with Crippen LogP contribution in [0, 0.1) is 0 Å². The lowest BCUT2D eigenvalue weighted by molar-refractivity contribution is 0.0595. The summed E-state index contributed by atoms with van der Waals surface area (Å²) in [6, 6.07) is 6.28. The lowest BCUT2D eigenvalue weighted by atomic mass is 9.99. The Morgan fingerprint density at radius 2 is 1.97 bits per heavy atom. The number of rotatable bonds is 5. The molecule has 1 fully saturated rings. The summed E-state index contributed by atoms with van der Waals surface area (Å²) in [6.07, 6.45) is 9.33. The van der Waals surface area contributed by atoms with Gasteiger partial charge in [0.25, 0.3) is 11.5 Å². The highest BCUT2D eigenvalue weighted by atomic mass is 16.2. The molecule has 8 nitrogen and oxygen atoms in total. The summed E-state index contributed by atoms with van der Waals surface area (Å²) in [5.41, 5.74) is 4.56. The van der Waals surface area contributed by atoms with Crippen molar-refractivity contribution in [1.82, 2.24) is 28.9 Å². The Morgan fingerprint density at radius 3 is 2.69 bits per heavy atom. The number of carbonyl (C=O) groups excluding carboxylic acids is 1. The van der Waals surface area contributed by atoms with E-state index in [1.807, 2.05) is 60.0 Å². The largest absolute Gasteiger partial charge is 0.357 e. The Labute approximate surface area is 206 Å². The number of aryl methyl sites for hydroxylation is 1. The molecule has 0 atom stereocenters. The SMILES string of the molecule is C/C=C/Cn1cc(-c2cc(C(=O)N3CCN(C(C)C)CC3)cc3c2ncn3C)c2cc[nH]c2c1=O.[HH]. The van der Waals surface area contributed by atoms with Crippen molar-refractivity contribution in [2.24, 2.45) is 7.05 Å². The summed E-state index contributed by atoms with van der Waals surface area (Å²) < 4.78 is 3.64. The molecule has 0 radical (unpaired) electrons. The van der Waals surface area contributed by atoms with Crippen molar-refractivity contribution < 1.29 is 6.22 Å². The van der Waals surface area contributed by atoms with E-state index in [0.717, 1.165) is 40.6 Å². The summed E-state index contributed by atoms with van der Waals surface area (Å²) in [4.78, 5) is 38.7. The van der Waals surface area contributed by atoms with Gasteiger partial charge in [-0.1, -0.05) is 12.2 Å². The first kappa shape index (κ1) is 23.1. The van der Waals surface area contributed by atoms with E-state index in [2.05, 4.69) is 28.7 Å². The van der Waals surface area contributed by atoms with Crippen molar-refractivity contribution >= 4 is 27.8 Å². The van der Waals surface area contributed by atoms with Gasteiger partial charge in [0.05, 0.1) is 17.4 Å². The predicted octanol–water partition coefficient (Wildman–Crippen LogP) is 3.87. The zero-order valence-corrected chi connectivity index (χ0v) is 20.8. The second-order valence-electron chi connectivity index (χ2n) is 9.50. The third-order valence-electron chi connectivity index (χ3n) is 7.03. The van der Waals surface area contributed by atoms with Gasteiger partial charge >= 0.3 is 0 Å². The lowest BCUT2D eigenvalue weighted by Gasteiger charge is -2.37. The van der Waals surface area contributed by atoms with Crippen molar-refractivity contribution in [2.75, 3.05) is 26.2 Å². The first-order valence-electron chi connectivity index (χ1n) is 12.2. The van der Waals surface area contributed by atoms with Crippen LogP contribution in [0.2, 0.25) is 0 Å².